The van der Waals surface area contributed by atoms with Crippen molar-refractivity contribution in [3.8, 4) is 0 Å². The van der Waals surface area contributed by atoms with Crippen LogP contribution in [0.1, 0.15) is 28.5 Å². The Morgan fingerprint density at radius 2 is 2.21 bits per heavy atom. The molecule has 0 fully saturated rings. The van der Waals surface area contributed by atoms with Crippen molar-refractivity contribution < 1.29 is 4.79 Å². The summed E-state index contributed by atoms with van der Waals surface area (Å²) in [5.74, 6) is -0.0716. The Morgan fingerprint density at radius 3 is 2.79 bits per heavy atom. The number of nitrogens with zero attached hydrogens (tertiary/aromatic N) is 2. The van der Waals surface area contributed by atoms with Gasteiger partial charge in [0.2, 0.25) is 5.91 Å². The lowest BCUT2D eigenvalue weighted by atomic mass is 10.2. The number of carbonyl (C=O) groups is 1. The number of anilines is 1. The molecule has 100 valence electrons. The normalized spacial score (nSPS) is 12.1. The molecule has 0 saturated heterocycles. The Bertz CT molecular complexity index is 564. The fraction of sp³-hybridized carbons (Fsp3) is 0.308. The second-order valence-corrected chi connectivity index (χ2v) is 5.62. The van der Waals surface area contributed by atoms with Gasteiger partial charge in [0, 0.05) is 16.8 Å². The number of nitrogen functional groups attached to an aromatic ring is 1. The maximum absolute atomic E-state index is 11.9. The zero-order valence-electron chi connectivity index (χ0n) is 10.9. The molecular weight excluding hydrogens is 260 g/mol. The van der Waals surface area contributed by atoms with E-state index in [9.17, 15) is 4.79 Å². The highest BCUT2D eigenvalue weighted by Crippen LogP contribution is 2.18. The van der Waals surface area contributed by atoms with Gasteiger partial charge >= 0.3 is 0 Å². The minimum Gasteiger partial charge on any atom is -0.397 e. The third kappa shape index (κ3) is 3.75. The lowest BCUT2D eigenvalue weighted by Gasteiger charge is -2.10. The monoisotopic (exact) mass is 276 g/mol. The Hall–Kier alpha value is -1.95. The van der Waals surface area contributed by atoms with Crippen LogP contribution in [0.15, 0.2) is 24.5 Å². The molecule has 19 heavy (non-hydrogen) atoms. The van der Waals surface area contributed by atoms with Crippen molar-refractivity contribution in [3.05, 3.63) is 40.1 Å². The topological polar surface area (TPSA) is 80.9 Å². The van der Waals surface area contributed by atoms with Gasteiger partial charge in [0.1, 0.15) is 5.01 Å². The van der Waals surface area contributed by atoms with Crippen LogP contribution < -0.4 is 11.1 Å². The average molecular weight is 276 g/mol. The van der Waals surface area contributed by atoms with Crippen LogP contribution in [-0.2, 0) is 11.2 Å². The number of nitrogens with two attached hydrogens (primary N) is 1. The highest BCUT2D eigenvalue weighted by molar-refractivity contribution is 7.11. The van der Waals surface area contributed by atoms with E-state index in [-0.39, 0.29) is 18.4 Å². The Labute approximate surface area is 115 Å². The van der Waals surface area contributed by atoms with Crippen LogP contribution in [0.2, 0.25) is 0 Å². The summed E-state index contributed by atoms with van der Waals surface area (Å²) in [7, 11) is 0. The number of amides is 1. The van der Waals surface area contributed by atoms with Crippen molar-refractivity contribution >= 4 is 22.9 Å². The molecule has 0 spiro atoms. The predicted octanol–water partition coefficient (Wildman–Crippen LogP) is 1.85. The minimum absolute atomic E-state index is 0.0716. The van der Waals surface area contributed by atoms with Crippen LogP contribution in [0, 0.1) is 6.92 Å². The summed E-state index contributed by atoms with van der Waals surface area (Å²) in [5.41, 5.74) is 6.84. The number of pyridine rings is 1. The van der Waals surface area contributed by atoms with Gasteiger partial charge in [0.25, 0.3) is 0 Å². The van der Waals surface area contributed by atoms with Crippen molar-refractivity contribution in [2.24, 2.45) is 0 Å². The lowest BCUT2D eigenvalue weighted by Crippen LogP contribution is -2.28. The molecule has 1 atom stereocenters. The summed E-state index contributed by atoms with van der Waals surface area (Å²) in [6, 6.07) is 3.41. The lowest BCUT2D eigenvalue weighted by molar-refractivity contribution is -0.121. The molecule has 2 rings (SSSR count). The molecule has 0 bridgehead atoms. The predicted molar refractivity (Wildman–Crippen MR) is 75.8 cm³/mol. The number of carbonyl (C=O) groups excluding carboxylic acids is 1. The Kier molecular flexibility index (Phi) is 4.11. The van der Waals surface area contributed by atoms with Crippen molar-refractivity contribution in [1.82, 2.24) is 15.3 Å². The van der Waals surface area contributed by atoms with Gasteiger partial charge < -0.3 is 11.1 Å². The van der Waals surface area contributed by atoms with E-state index in [4.69, 9.17) is 5.73 Å². The minimum atomic E-state index is -0.0834. The zero-order chi connectivity index (χ0) is 13.8. The Morgan fingerprint density at radius 1 is 1.42 bits per heavy atom. The fourth-order valence-electron chi connectivity index (χ4n) is 1.63. The molecule has 3 N–H and O–H groups in total. The van der Waals surface area contributed by atoms with Crippen LogP contribution in [-0.4, -0.2) is 15.9 Å². The number of aromatic nitrogens is 2. The van der Waals surface area contributed by atoms with Gasteiger partial charge in [-0.25, -0.2) is 4.98 Å². The summed E-state index contributed by atoms with van der Waals surface area (Å²) in [6.45, 7) is 3.92. The van der Waals surface area contributed by atoms with Gasteiger partial charge in [-0.15, -0.1) is 11.3 Å². The van der Waals surface area contributed by atoms with Crippen LogP contribution in [0.25, 0.3) is 0 Å². The van der Waals surface area contributed by atoms with E-state index < -0.39 is 0 Å². The van der Waals surface area contributed by atoms with Crippen molar-refractivity contribution in [2.45, 2.75) is 26.3 Å². The first kappa shape index (κ1) is 13.5. The number of nitrogens with one attached hydrogen (secondary N) is 1. The van der Waals surface area contributed by atoms with Crippen LogP contribution >= 0.6 is 11.3 Å². The average Bonchev–Trinajstić information content (AvgIpc) is 2.79. The van der Waals surface area contributed by atoms with E-state index >= 15 is 0 Å². The second kappa shape index (κ2) is 5.79. The third-order valence-electron chi connectivity index (χ3n) is 2.58. The maximum Gasteiger partial charge on any atom is 0.226 e. The van der Waals surface area contributed by atoms with Gasteiger partial charge in [0.15, 0.2) is 0 Å². The first-order chi connectivity index (χ1) is 9.04. The summed E-state index contributed by atoms with van der Waals surface area (Å²) in [6.07, 6.45) is 3.61. The number of hydrogen-bond acceptors (Lipinski definition) is 5. The summed E-state index contributed by atoms with van der Waals surface area (Å²) in [5, 5.41) is 3.82. The van der Waals surface area contributed by atoms with E-state index in [2.05, 4.69) is 15.3 Å². The van der Waals surface area contributed by atoms with Gasteiger partial charge in [-0.2, -0.15) is 0 Å². The molecule has 0 aliphatic rings. The van der Waals surface area contributed by atoms with E-state index in [1.54, 1.807) is 29.7 Å². The molecule has 0 aliphatic carbocycles. The summed E-state index contributed by atoms with van der Waals surface area (Å²) in [4.78, 5) is 21.4. The summed E-state index contributed by atoms with van der Waals surface area (Å²) < 4.78 is 0. The molecule has 0 aliphatic heterocycles. The highest BCUT2D eigenvalue weighted by Gasteiger charge is 2.13. The smallest absolute Gasteiger partial charge is 0.226 e. The molecular formula is C13H16N4OS. The van der Waals surface area contributed by atoms with Crippen molar-refractivity contribution in [1.29, 1.82) is 0 Å². The first-order valence-electron chi connectivity index (χ1n) is 5.96. The van der Waals surface area contributed by atoms with E-state index in [1.807, 2.05) is 20.0 Å². The third-order valence-corrected chi connectivity index (χ3v) is 3.67. The van der Waals surface area contributed by atoms with Gasteiger partial charge in [-0.3, -0.25) is 9.78 Å². The first-order valence-corrected chi connectivity index (χ1v) is 6.78. The molecule has 0 radical (unpaired) electrons. The fourth-order valence-corrected chi connectivity index (χ4v) is 2.41. The molecule has 0 saturated carbocycles. The maximum atomic E-state index is 11.9. The van der Waals surface area contributed by atoms with E-state index in [1.165, 1.54) is 0 Å². The number of thiazole rings is 1. The van der Waals surface area contributed by atoms with Gasteiger partial charge in [-0.05, 0) is 26.0 Å². The Balaban J connectivity index is 1.92. The highest BCUT2D eigenvalue weighted by atomic mass is 32.1. The standard InChI is InChI=1S/C13H16N4OS/c1-8-6-16-13(19-8)9(2)17-12(18)5-11-4-3-10(14)7-15-11/h3-4,6-7,9H,5,14H2,1-2H3,(H,17,18). The largest absolute Gasteiger partial charge is 0.397 e. The molecule has 2 heterocycles. The molecule has 0 aromatic carbocycles. The summed E-state index contributed by atoms with van der Waals surface area (Å²) >= 11 is 1.59. The van der Waals surface area contributed by atoms with Crippen LogP contribution in [0.5, 0.6) is 0 Å². The molecule has 5 nitrogen and oxygen atoms in total. The SMILES string of the molecule is Cc1cnc(C(C)NC(=O)Cc2ccc(N)cn2)s1. The zero-order valence-corrected chi connectivity index (χ0v) is 11.7. The van der Waals surface area contributed by atoms with Crippen molar-refractivity contribution in [3.63, 3.8) is 0 Å². The molecule has 2 aromatic rings. The van der Waals surface area contributed by atoms with E-state index in [0.717, 1.165) is 9.88 Å². The molecule has 1 unspecified atom stereocenters. The molecule has 2 aromatic heterocycles. The number of hydrogen-bond donors (Lipinski definition) is 2. The van der Waals surface area contributed by atoms with Crippen LogP contribution in [0.3, 0.4) is 0 Å². The quantitative estimate of drug-likeness (QED) is 0.893. The van der Waals surface area contributed by atoms with E-state index in [0.29, 0.717) is 11.4 Å². The molecule has 1 amide bonds. The van der Waals surface area contributed by atoms with Crippen LogP contribution in [0.4, 0.5) is 5.69 Å². The molecule has 6 heteroatoms. The van der Waals surface area contributed by atoms with Crippen molar-refractivity contribution in [2.75, 3.05) is 5.73 Å². The number of rotatable bonds is 4. The van der Waals surface area contributed by atoms with Gasteiger partial charge in [-0.1, -0.05) is 0 Å². The number of aryl methyl sites for hydroxylation is 1. The second-order valence-electron chi connectivity index (χ2n) is 4.36. The van der Waals surface area contributed by atoms with Gasteiger partial charge in [0.05, 0.1) is 24.3 Å².